The molecule has 2 rings (SSSR count). The first-order valence-corrected chi connectivity index (χ1v) is 5.88. The number of hydrogen-bond acceptors (Lipinski definition) is 3. The van der Waals surface area contributed by atoms with Crippen LogP contribution < -0.4 is 5.32 Å². The van der Waals surface area contributed by atoms with Gasteiger partial charge in [-0.1, -0.05) is 29.3 Å². The number of carbonyl (C=O) groups excluding carboxylic acids is 1. The Labute approximate surface area is 114 Å². The number of nitrogens with zero attached hydrogens (tertiary/aromatic N) is 2. The minimum atomic E-state index is -0.274. The summed E-state index contributed by atoms with van der Waals surface area (Å²) in [6.07, 6.45) is 0. The molecule has 0 bridgehead atoms. The number of anilines is 1. The number of nitrogens with one attached hydrogen (secondary N) is 1. The van der Waals surface area contributed by atoms with Crippen molar-refractivity contribution in [2.24, 2.45) is 0 Å². The summed E-state index contributed by atoms with van der Waals surface area (Å²) in [5.41, 5.74) is 1.54. The molecular formula is C12H9Cl2N3O. The van der Waals surface area contributed by atoms with E-state index in [0.29, 0.717) is 5.56 Å². The second kappa shape index (κ2) is 5.33. The highest BCUT2D eigenvalue weighted by Crippen LogP contribution is 2.15. The van der Waals surface area contributed by atoms with Crippen molar-refractivity contribution in [2.45, 2.75) is 6.92 Å². The van der Waals surface area contributed by atoms with Gasteiger partial charge < -0.3 is 5.32 Å². The van der Waals surface area contributed by atoms with Gasteiger partial charge >= 0.3 is 0 Å². The van der Waals surface area contributed by atoms with Crippen LogP contribution in [0.25, 0.3) is 0 Å². The summed E-state index contributed by atoms with van der Waals surface area (Å²) in [6, 6.07) is 8.65. The van der Waals surface area contributed by atoms with Crippen LogP contribution in [-0.2, 0) is 0 Å². The zero-order valence-electron chi connectivity index (χ0n) is 9.45. The number of hydrogen-bond donors (Lipinski definition) is 1. The number of aromatic nitrogens is 2. The third kappa shape index (κ3) is 3.18. The van der Waals surface area contributed by atoms with Gasteiger partial charge in [-0.05, 0) is 30.7 Å². The fraction of sp³-hybridized carbons (Fsp3) is 0.0833. The van der Waals surface area contributed by atoms with Crippen LogP contribution in [-0.4, -0.2) is 15.9 Å². The molecule has 0 aliphatic carbocycles. The summed E-state index contributed by atoms with van der Waals surface area (Å²) in [5.74, 6) is -0.00367. The van der Waals surface area contributed by atoms with E-state index in [0.717, 1.165) is 5.56 Å². The molecule has 92 valence electrons. The van der Waals surface area contributed by atoms with Gasteiger partial charge in [0.25, 0.3) is 5.91 Å². The molecule has 0 spiro atoms. The summed E-state index contributed by atoms with van der Waals surface area (Å²) >= 11 is 11.4. The molecule has 0 aliphatic rings. The van der Waals surface area contributed by atoms with Crippen molar-refractivity contribution in [3.8, 4) is 0 Å². The molecule has 1 aromatic heterocycles. The predicted octanol–water partition coefficient (Wildman–Crippen LogP) is 3.34. The zero-order chi connectivity index (χ0) is 13.1. The van der Waals surface area contributed by atoms with Gasteiger partial charge in [0.2, 0.25) is 5.28 Å². The maximum Gasteiger partial charge on any atom is 0.256 e. The number of carbonyl (C=O) groups is 1. The van der Waals surface area contributed by atoms with Crippen molar-refractivity contribution in [2.75, 3.05) is 5.32 Å². The Morgan fingerprint density at radius 3 is 2.67 bits per heavy atom. The van der Waals surface area contributed by atoms with Gasteiger partial charge in [0.05, 0.1) is 0 Å². The standard InChI is InChI=1S/C12H9Cl2N3O/c1-7-3-2-4-8(5-7)11(18)16-10-6-9(13)15-12(14)17-10/h2-6H,1H3,(H,15,16,17,18). The number of rotatable bonds is 2. The topological polar surface area (TPSA) is 54.9 Å². The monoisotopic (exact) mass is 281 g/mol. The molecule has 0 saturated heterocycles. The summed E-state index contributed by atoms with van der Waals surface area (Å²) in [7, 11) is 0. The number of aryl methyl sites for hydroxylation is 1. The van der Waals surface area contributed by atoms with Crippen molar-refractivity contribution in [1.29, 1.82) is 0 Å². The first kappa shape index (κ1) is 12.8. The van der Waals surface area contributed by atoms with E-state index in [1.165, 1.54) is 6.07 Å². The minimum absolute atomic E-state index is 0.0120. The average molecular weight is 282 g/mol. The first-order valence-electron chi connectivity index (χ1n) is 5.13. The lowest BCUT2D eigenvalue weighted by molar-refractivity contribution is 0.102. The lowest BCUT2D eigenvalue weighted by Gasteiger charge is -2.05. The quantitative estimate of drug-likeness (QED) is 0.679. The molecule has 0 saturated carbocycles. The fourth-order valence-corrected chi connectivity index (χ4v) is 1.84. The zero-order valence-corrected chi connectivity index (χ0v) is 11.0. The average Bonchev–Trinajstić information content (AvgIpc) is 2.27. The van der Waals surface area contributed by atoms with Gasteiger partial charge in [0, 0.05) is 11.6 Å². The molecule has 1 aromatic carbocycles. The van der Waals surface area contributed by atoms with Gasteiger partial charge in [-0.25, -0.2) is 9.97 Å². The van der Waals surface area contributed by atoms with E-state index >= 15 is 0 Å². The molecule has 6 heteroatoms. The van der Waals surface area contributed by atoms with Gasteiger partial charge in [0.1, 0.15) is 11.0 Å². The SMILES string of the molecule is Cc1cccc(C(=O)Nc2cc(Cl)nc(Cl)n2)c1. The van der Waals surface area contributed by atoms with Gasteiger partial charge in [-0.2, -0.15) is 0 Å². The van der Waals surface area contributed by atoms with Crippen molar-refractivity contribution >= 4 is 34.9 Å². The van der Waals surface area contributed by atoms with Crippen LogP contribution in [0.3, 0.4) is 0 Å². The Bertz CT molecular complexity index is 581. The molecule has 0 aliphatic heterocycles. The Morgan fingerprint density at radius 1 is 1.22 bits per heavy atom. The molecular weight excluding hydrogens is 273 g/mol. The summed E-state index contributed by atoms with van der Waals surface area (Å²) in [4.78, 5) is 19.5. The van der Waals surface area contributed by atoms with Crippen molar-refractivity contribution in [3.05, 3.63) is 51.9 Å². The summed E-state index contributed by atoms with van der Waals surface area (Å²) in [6.45, 7) is 1.91. The van der Waals surface area contributed by atoms with E-state index in [2.05, 4.69) is 15.3 Å². The maximum atomic E-state index is 11.9. The Kier molecular flexibility index (Phi) is 3.79. The highest BCUT2D eigenvalue weighted by atomic mass is 35.5. The summed E-state index contributed by atoms with van der Waals surface area (Å²) < 4.78 is 0. The van der Waals surface area contributed by atoms with Crippen LogP contribution in [0, 0.1) is 6.92 Å². The molecule has 0 radical (unpaired) electrons. The van der Waals surface area contributed by atoms with Crippen molar-refractivity contribution < 1.29 is 4.79 Å². The highest BCUT2D eigenvalue weighted by Gasteiger charge is 2.08. The highest BCUT2D eigenvalue weighted by molar-refractivity contribution is 6.32. The number of halogens is 2. The second-order valence-corrected chi connectivity index (χ2v) is 4.39. The van der Waals surface area contributed by atoms with Crippen LogP contribution in [0.2, 0.25) is 10.4 Å². The molecule has 2 aromatic rings. The molecule has 0 unspecified atom stereocenters. The van der Waals surface area contributed by atoms with Crippen molar-refractivity contribution in [1.82, 2.24) is 9.97 Å². The van der Waals surface area contributed by atoms with E-state index in [1.807, 2.05) is 19.1 Å². The lowest BCUT2D eigenvalue weighted by Crippen LogP contribution is -2.13. The van der Waals surface area contributed by atoms with E-state index in [4.69, 9.17) is 23.2 Å². The van der Waals surface area contributed by atoms with Crippen LogP contribution in [0.5, 0.6) is 0 Å². The van der Waals surface area contributed by atoms with Gasteiger partial charge in [-0.3, -0.25) is 4.79 Å². The van der Waals surface area contributed by atoms with E-state index in [1.54, 1.807) is 12.1 Å². The minimum Gasteiger partial charge on any atom is -0.306 e. The van der Waals surface area contributed by atoms with E-state index < -0.39 is 0 Å². The number of benzene rings is 1. The molecule has 0 atom stereocenters. The second-order valence-electron chi connectivity index (χ2n) is 3.67. The normalized spacial score (nSPS) is 10.2. The fourth-order valence-electron chi connectivity index (χ4n) is 1.43. The predicted molar refractivity (Wildman–Crippen MR) is 71.2 cm³/mol. The Balaban J connectivity index is 2.21. The first-order chi connectivity index (χ1) is 8.54. The van der Waals surface area contributed by atoms with Crippen LogP contribution in [0.15, 0.2) is 30.3 Å². The third-order valence-electron chi connectivity index (χ3n) is 2.19. The third-order valence-corrected chi connectivity index (χ3v) is 2.55. The molecule has 0 fully saturated rings. The molecule has 1 heterocycles. The van der Waals surface area contributed by atoms with E-state index in [-0.39, 0.29) is 22.2 Å². The maximum absolute atomic E-state index is 11.9. The van der Waals surface area contributed by atoms with Crippen LogP contribution >= 0.6 is 23.2 Å². The number of amides is 1. The van der Waals surface area contributed by atoms with Crippen LogP contribution in [0.1, 0.15) is 15.9 Å². The molecule has 4 nitrogen and oxygen atoms in total. The van der Waals surface area contributed by atoms with Gasteiger partial charge in [0.15, 0.2) is 0 Å². The van der Waals surface area contributed by atoms with Crippen molar-refractivity contribution in [3.63, 3.8) is 0 Å². The van der Waals surface area contributed by atoms with E-state index in [9.17, 15) is 4.79 Å². The molecule has 18 heavy (non-hydrogen) atoms. The smallest absolute Gasteiger partial charge is 0.256 e. The Morgan fingerprint density at radius 2 is 2.00 bits per heavy atom. The van der Waals surface area contributed by atoms with Crippen LogP contribution in [0.4, 0.5) is 5.82 Å². The lowest BCUT2D eigenvalue weighted by atomic mass is 10.1. The Hall–Kier alpha value is -1.65. The van der Waals surface area contributed by atoms with Gasteiger partial charge in [-0.15, -0.1) is 0 Å². The molecule has 1 N–H and O–H groups in total. The summed E-state index contributed by atoms with van der Waals surface area (Å²) in [5, 5.41) is 2.77. The molecule has 1 amide bonds. The largest absolute Gasteiger partial charge is 0.306 e.